The standard InChI is InChI=1S/C16H15BrClN/c17-14-9-8-13(18)10-15(14)19-16(12-6-7-12)11-4-2-1-3-5-11/h1-5,8-10,12,16,19H,6-7H2. The van der Waals surface area contributed by atoms with Crippen LogP contribution in [0.1, 0.15) is 24.4 Å². The molecule has 0 saturated heterocycles. The zero-order chi connectivity index (χ0) is 13.2. The smallest absolute Gasteiger partial charge is 0.0542 e. The molecule has 98 valence electrons. The second kappa shape index (κ2) is 5.56. The average molecular weight is 337 g/mol. The van der Waals surface area contributed by atoms with Gasteiger partial charge in [-0.15, -0.1) is 0 Å². The van der Waals surface area contributed by atoms with Crippen molar-refractivity contribution in [3.63, 3.8) is 0 Å². The number of rotatable bonds is 4. The number of hydrogen-bond acceptors (Lipinski definition) is 1. The van der Waals surface area contributed by atoms with Gasteiger partial charge in [-0.05, 0) is 58.5 Å². The lowest BCUT2D eigenvalue weighted by molar-refractivity contribution is 0.678. The molecule has 3 heteroatoms. The van der Waals surface area contributed by atoms with E-state index in [-0.39, 0.29) is 0 Å². The van der Waals surface area contributed by atoms with Gasteiger partial charge in [-0.2, -0.15) is 0 Å². The molecular weight excluding hydrogens is 322 g/mol. The minimum absolute atomic E-state index is 0.371. The second-order valence-electron chi connectivity index (χ2n) is 4.99. The van der Waals surface area contributed by atoms with Crippen LogP contribution in [0.5, 0.6) is 0 Å². The fraction of sp³-hybridized carbons (Fsp3) is 0.250. The average Bonchev–Trinajstić information content (AvgIpc) is 3.25. The van der Waals surface area contributed by atoms with Crippen LogP contribution in [0.3, 0.4) is 0 Å². The third-order valence-corrected chi connectivity index (χ3v) is 4.42. The Labute approximate surface area is 127 Å². The molecule has 0 amide bonds. The second-order valence-corrected chi connectivity index (χ2v) is 6.29. The predicted octanol–water partition coefficient (Wildman–Crippen LogP) is 5.67. The van der Waals surface area contributed by atoms with Crippen LogP contribution in [0.2, 0.25) is 5.02 Å². The largest absolute Gasteiger partial charge is 0.377 e. The number of hydrogen-bond donors (Lipinski definition) is 1. The highest BCUT2D eigenvalue weighted by Crippen LogP contribution is 2.43. The number of benzene rings is 2. The summed E-state index contributed by atoms with van der Waals surface area (Å²) in [6, 6.07) is 16.9. The molecule has 1 nitrogen and oxygen atoms in total. The Bertz CT molecular complexity index is 566. The van der Waals surface area contributed by atoms with E-state index in [1.807, 2.05) is 18.2 Å². The van der Waals surface area contributed by atoms with Gasteiger partial charge < -0.3 is 5.32 Å². The first kappa shape index (κ1) is 13.0. The fourth-order valence-corrected chi connectivity index (χ4v) is 2.87. The highest BCUT2D eigenvalue weighted by molar-refractivity contribution is 9.10. The Hall–Kier alpha value is -0.990. The summed E-state index contributed by atoms with van der Waals surface area (Å²) in [6.07, 6.45) is 2.59. The van der Waals surface area contributed by atoms with E-state index in [1.165, 1.54) is 18.4 Å². The Morgan fingerprint density at radius 1 is 1.11 bits per heavy atom. The monoisotopic (exact) mass is 335 g/mol. The van der Waals surface area contributed by atoms with Crippen LogP contribution in [-0.2, 0) is 0 Å². The van der Waals surface area contributed by atoms with E-state index in [2.05, 4.69) is 51.6 Å². The zero-order valence-electron chi connectivity index (χ0n) is 10.4. The normalized spacial score (nSPS) is 16.1. The lowest BCUT2D eigenvalue weighted by Gasteiger charge is -2.21. The van der Waals surface area contributed by atoms with Gasteiger partial charge >= 0.3 is 0 Å². The molecule has 2 aromatic carbocycles. The summed E-state index contributed by atoms with van der Waals surface area (Å²) in [5, 5.41) is 4.39. The quantitative estimate of drug-likeness (QED) is 0.759. The molecule has 1 atom stereocenters. The summed E-state index contributed by atoms with van der Waals surface area (Å²) >= 11 is 9.66. The van der Waals surface area contributed by atoms with Crippen molar-refractivity contribution < 1.29 is 0 Å². The van der Waals surface area contributed by atoms with Crippen molar-refractivity contribution >= 4 is 33.2 Å². The molecule has 1 aliphatic carbocycles. The molecule has 3 rings (SSSR count). The van der Waals surface area contributed by atoms with Gasteiger partial charge in [-0.3, -0.25) is 0 Å². The van der Waals surface area contributed by atoms with E-state index in [1.54, 1.807) is 0 Å². The summed E-state index contributed by atoms with van der Waals surface area (Å²) < 4.78 is 1.05. The van der Waals surface area contributed by atoms with Gasteiger partial charge in [-0.1, -0.05) is 41.9 Å². The summed E-state index contributed by atoms with van der Waals surface area (Å²) in [5.74, 6) is 0.730. The van der Waals surface area contributed by atoms with E-state index < -0.39 is 0 Å². The lowest BCUT2D eigenvalue weighted by atomic mass is 10.0. The molecular formula is C16H15BrClN. The molecule has 0 aromatic heterocycles. The third-order valence-electron chi connectivity index (χ3n) is 3.49. The minimum atomic E-state index is 0.371. The Morgan fingerprint density at radius 2 is 1.84 bits per heavy atom. The van der Waals surface area contributed by atoms with Crippen LogP contribution in [0.15, 0.2) is 53.0 Å². The molecule has 2 aromatic rings. The zero-order valence-corrected chi connectivity index (χ0v) is 12.8. The van der Waals surface area contributed by atoms with Crippen LogP contribution in [0.25, 0.3) is 0 Å². The van der Waals surface area contributed by atoms with Crippen molar-refractivity contribution in [1.82, 2.24) is 0 Å². The fourth-order valence-electron chi connectivity index (χ4n) is 2.34. The molecule has 1 aliphatic rings. The summed E-state index contributed by atoms with van der Waals surface area (Å²) in [7, 11) is 0. The number of halogens is 2. The Balaban J connectivity index is 1.88. The first-order valence-corrected chi connectivity index (χ1v) is 7.67. The molecule has 0 spiro atoms. The van der Waals surface area contributed by atoms with E-state index in [0.717, 1.165) is 21.1 Å². The van der Waals surface area contributed by atoms with Crippen molar-refractivity contribution in [3.8, 4) is 0 Å². The van der Waals surface area contributed by atoms with E-state index in [4.69, 9.17) is 11.6 Å². The van der Waals surface area contributed by atoms with Crippen LogP contribution in [0, 0.1) is 5.92 Å². The third kappa shape index (κ3) is 3.13. The SMILES string of the molecule is Clc1ccc(Br)c(NC(c2ccccc2)C2CC2)c1. The van der Waals surface area contributed by atoms with Crippen LogP contribution in [0.4, 0.5) is 5.69 Å². The highest BCUT2D eigenvalue weighted by atomic mass is 79.9. The number of anilines is 1. The van der Waals surface area contributed by atoms with Crippen molar-refractivity contribution in [3.05, 3.63) is 63.6 Å². The van der Waals surface area contributed by atoms with E-state index in [9.17, 15) is 0 Å². The predicted molar refractivity (Wildman–Crippen MR) is 84.7 cm³/mol. The molecule has 0 heterocycles. The Kier molecular flexibility index (Phi) is 3.81. The first-order chi connectivity index (χ1) is 9.24. The summed E-state index contributed by atoms with van der Waals surface area (Å²) in [5.41, 5.74) is 2.41. The maximum Gasteiger partial charge on any atom is 0.0542 e. The van der Waals surface area contributed by atoms with E-state index in [0.29, 0.717) is 6.04 Å². The lowest BCUT2D eigenvalue weighted by Crippen LogP contribution is -2.13. The molecule has 0 radical (unpaired) electrons. The van der Waals surface area contributed by atoms with Gasteiger partial charge in [-0.25, -0.2) is 0 Å². The molecule has 1 fully saturated rings. The van der Waals surface area contributed by atoms with Crippen molar-refractivity contribution in [2.75, 3.05) is 5.32 Å². The van der Waals surface area contributed by atoms with Gasteiger partial charge in [0, 0.05) is 9.50 Å². The first-order valence-electron chi connectivity index (χ1n) is 6.50. The topological polar surface area (TPSA) is 12.0 Å². The molecule has 0 aliphatic heterocycles. The van der Waals surface area contributed by atoms with Gasteiger partial charge in [0.15, 0.2) is 0 Å². The molecule has 1 unspecified atom stereocenters. The van der Waals surface area contributed by atoms with Crippen molar-refractivity contribution in [2.45, 2.75) is 18.9 Å². The highest BCUT2D eigenvalue weighted by Gasteiger charge is 2.32. The summed E-state index contributed by atoms with van der Waals surface area (Å²) in [6.45, 7) is 0. The van der Waals surface area contributed by atoms with Gasteiger partial charge in [0.05, 0.1) is 11.7 Å². The maximum absolute atomic E-state index is 6.08. The molecule has 1 saturated carbocycles. The van der Waals surface area contributed by atoms with Crippen molar-refractivity contribution in [1.29, 1.82) is 0 Å². The van der Waals surface area contributed by atoms with E-state index >= 15 is 0 Å². The molecule has 19 heavy (non-hydrogen) atoms. The Morgan fingerprint density at radius 3 is 2.53 bits per heavy atom. The van der Waals surface area contributed by atoms with Gasteiger partial charge in [0.2, 0.25) is 0 Å². The van der Waals surface area contributed by atoms with Crippen molar-refractivity contribution in [2.24, 2.45) is 5.92 Å². The molecule has 1 N–H and O–H groups in total. The van der Waals surface area contributed by atoms with Gasteiger partial charge in [0.25, 0.3) is 0 Å². The van der Waals surface area contributed by atoms with Crippen LogP contribution in [-0.4, -0.2) is 0 Å². The number of nitrogens with one attached hydrogen (secondary N) is 1. The maximum atomic E-state index is 6.08. The minimum Gasteiger partial charge on any atom is -0.377 e. The summed E-state index contributed by atoms with van der Waals surface area (Å²) in [4.78, 5) is 0. The van der Waals surface area contributed by atoms with Crippen LogP contribution >= 0.6 is 27.5 Å². The van der Waals surface area contributed by atoms with Crippen LogP contribution < -0.4 is 5.32 Å². The van der Waals surface area contributed by atoms with Gasteiger partial charge in [0.1, 0.15) is 0 Å². The molecule has 0 bridgehead atoms.